The Morgan fingerprint density at radius 3 is 2.15 bits per heavy atom. The van der Waals surface area contributed by atoms with Crippen LogP contribution in [0.1, 0.15) is 17.3 Å². The first-order valence-electron chi connectivity index (χ1n) is 7.83. The van der Waals surface area contributed by atoms with Gasteiger partial charge in [-0.3, -0.25) is 4.31 Å². The largest absolute Gasteiger partial charge is 0.493 e. The summed E-state index contributed by atoms with van der Waals surface area (Å²) in [7, 11) is 0.537. The first-order chi connectivity index (χ1) is 12.3. The molecule has 0 saturated carbocycles. The van der Waals surface area contributed by atoms with Crippen LogP contribution in [0.5, 0.6) is 11.5 Å². The van der Waals surface area contributed by atoms with Gasteiger partial charge in [-0.2, -0.15) is 0 Å². The number of methoxy groups -OCH3 is 2. The van der Waals surface area contributed by atoms with E-state index in [9.17, 15) is 13.2 Å². The summed E-state index contributed by atoms with van der Waals surface area (Å²) in [6.45, 7) is 1.99. The number of rotatable bonds is 7. The molecule has 0 aliphatic carbocycles. The minimum absolute atomic E-state index is 0.0621. The normalized spacial score (nSPS) is 10.9. The van der Waals surface area contributed by atoms with Crippen molar-refractivity contribution in [1.82, 2.24) is 0 Å². The standard InChI is InChI=1S/C18H21NO6S/c1-5-25-18(20)13-6-8-14(9-7-13)19(2)26(21,22)15-10-11-16(23-3)17(12-15)24-4/h6-12H,5H2,1-4H3. The van der Waals surface area contributed by atoms with Crippen LogP contribution in [0.2, 0.25) is 0 Å². The molecule has 2 aromatic carbocycles. The summed E-state index contributed by atoms with van der Waals surface area (Å²) in [5.74, 6) is 0.303. The summed E-state index contributed by atoms with van der Waals surface area (Å²) in [5, 5.41) is 0. The van der Waals surface area contributed by atoms with Gasteiger partial charge in [0.05, 0.1) is 37.0 Å². The van der Waals surface area contributed by atoms with Gasteiger partial charge in [0.2, 0.25) is 0 Å². The summed E-state index contributed by atoms with van der Waals surface area (Å²) in [6, 6.07) is 10.5. The molecule has 26 heavy (non-hydrogen) atoms. The van der Waals surface area contributed by atoms with E-state index in [1.165, 1.54) is 51.6 Å². The van der Waals surface area contributed by atoms with E-state index in [0.29, 0.717) is 22.7 Å². The Hall–Kier alpha value is -2.74. The molecule has 0 atom stereocenters. The van der Waals surface area contributed by atoms with Gasteiger partial charge in [-0.05, 0) is 43.3 Å². The van der Waals surface area contributed by atoms with Crippen LogP contribution >= 0.6 is 0 Å². The van der Waals surface area contributed by atoms with Gasteiger partial charge in [0, 0.05) is 13.1 Å². The molecule has 140 valence electrons. The smallest absolute Gasteiger partial charge is 0.338 e. The first kappa shape index (κ1) is 19.6. The highest BCUT2D eigenvalue weighted by atomic mass is 32.2. The molecule has 0 spiro atoms. The minimum Gasteiger partial charge on any atom is -0.493 e. The predicted octanol–water partition coefficient (Wildman–Crippen LogP) is 2.71. The molecule has 8 heteroatoms. The molecule has 0 aliphatic rings. The fourth-order valence-corrected chi connectivity index (χ4v) is 3.51. The van der Waals surface area contributed by atoms with Crippen molar-refractivity contribution in [2.24, 2.45) is 0 Å². The molecule has 0 bridgehead atoms. The Morgan fingerprint density at radius 2 is 1.62 bits per heavy atom. The number of carbonyl (C=O) groups is 1. The monoisotopic (exact) mass is 379 g/mol. The molecule has 7 nitrogen and oxygen atoms in total. The highest BCUT2D eigenvalue weighted by Crippen LogP contribution is 2.31. The second kappa shape index (κ2) is 8.09. The summed E-state index contributed by atoms with van der Waals surface area (Å²) >= 11 is 0. The number of nitrogens with zero attached hydrogens (tertiary/aromatic N) is 1. The molecule has 0 fully saturated rings. The van der Waals surface area contributed by atoms with Gasteiger partial charge in [-0.1, -0.05) is 0 Å². The summed E-state index contributed by atoms with van der Waals surface area (Å²) in [4.78, 5) is 11.8. The summed E-state index contributed by atoms with van der Waals surface area (Å²) in [6.07, 6.45) is 0. The van der Waals surface area contributed by atoms with Crippen molar-refractivity contribution in [3.8, 4) is 11.5 Å². The highest BCUT2D eigenvalue weighted by molar-refractivity contribution is 7.92. The molecule has 0 heterocycles. The third-order valence-electron chi connectivity index (χ3n) is 3.76. The van der Waals surface area contributed by atoms with Crippen LogP contribution < -0.4 is 13.8 Å². The predicted molar refractivity (Wildman–Crippen MR) is 97.5 cm³/mol. The molecule has 0 N–H and O–H groups in total. The van der Waals surface area contributed by atoms with Gasteiger partial charge >= 0.3 is 5.97 Å². The van der Waals surface area contributed by atoms with E-state index in [1.807, 2.05) is 0 Å². The SMILES string of the molecule is CCOC(=O)c1ccc(N(C)S(=O)(=O)c2ccc(OC)c(OC)c2)cc1. The molecular formula is C18H21NO6S. The van der Waals surface area contributed by atoms with Crippen LogP contribution in [0.3, 0.4) is 0 Å². The van der Waals surface area contributed by atoms with Gasteiger partial charge in [-0.25, -0.2) is 13.2 Å². The maximum atomic E-state index is 12.9. The van der Waals surface area contributed by atoms with E-state index in [4.69, 9.17) is 14.2 Å². The van der Waals surface area contributed by atoms with Crippen molar-refractivity contribution in [3.05, 3.63) is 48.0 Å². The Balaban J connectivity index is 2.33. The van der Waals surface area contributed by atoms with Gasteiger partial charge in [-0.15, -0.1) is 0 Å². The number of esters is 1. The lowest BCUT2D eigenvalue weighted by Crippen LogP contribution is -2.26. The van der Waals surface area contributed by atoms with E-state index in [-0.39, 0.29) is 11.5 Å². The highest BCUT2D eigenvalue weighted by Gasteiger charge is 2.23. The molecule has 0 unspecified atom stereocenters. The molecular weight excluding hydrogens is 358 g/mol. The van der Waals surface area contributed by atoms with Crippen LogP contribution in [0.4, 0.5) is 5.69 Å². The zero-order valence-corrected chi connectivity index (χ0v) is 15.9. The lowest BCUT2D eigenvalue weighted by Gasteiger charge is -2.20. The van der Waals surface area contributed by atoms with E-state index in [1.54, 1.807) is 19.1 Å². The molecule has 0 radical (unpaired) electrons. The maximum absolute atomic E-state index is 12.9. The van der Waals surface area contributed by atoms with Crippen molar-refractivity contribution in [2.75, 3.05) is 32.2 Å². The third-order valence-corrected chi connectivity index (χ3v) is 5.54. The molecule has 2 aromatic rings. The fourth-order valence-electron chi connectivity index (χ4n) is 2.30. The molecule has 0 saturated heterocycles. The van der Waals surface area contributed by atoms with E-state index in [2.05, 4.69) is 0 Å². The molecule has 0 aliphatic heterocycles. The summed E-state index contributed by atoms with van der Waals surface area (Å²) < 4.78 is 42.1. The van der Waals surface area contributed by atoms with E-state index < -0.39 is 16.0 Å². The van der Waals surface area contributed by atoms with Gasteiger partial charge in [0.15, 0.2) is 11.5 Å². The average Bonchev–Trinajstić information content (AvgIpc) is 2.67. The first-order valence-corrected chi connectivity index (χ1v) is 9.27. The quantitative estimate of drug-likeness (QED) is 0.688. The number of carbonyl (C=O) groups excluding carboxylic acids is 1. The topological polar surface area (TPSA) is 82.1 Å². The van der Waals surface area contributed by atoms with Crippen molar-refractivity contribution in [2.45, 2.75) is 11.8 Å². The average molecular weight is 379 g/mol. The number of hydrogen-bond acceptors (Lipinski definition) is 6. The van der Waals surface area contributed by atoms with Crippen molar-refractivity contribution >= 4 is 21.7 Å². The van der Waals surface area contributed by atoms with Crippen LogP contribution in [-0.2, 0) is 14.8 Å². The molecule has 0 amide bonds. The van der Waals surface area contributed by atoms with Crippen LogP contribution in [-0.4, -0.2) is 42.3 Å². The Morgan fingerprint density at radius 1 is 1.00 bits per heavy atom. The number of ether oxygens (including phenoxy) is 3. The van der Waals surface area contributed by atoms with E-state index >= 15 is 0 Å². The Bertz CT molecular complexity index is 877. The van der Waals surface area contributed by atoms with Crippen LogP contribution in [0.25, 0.3) is 0 Å². The van der Waals surface area contributed by atoms with E-state index in [0.717, 1.165) is 4.31 Å². The van der Waals surface area contributed by atoms with Crippen molar-refractivity contribution in [3.63, 3.8) is 0 Å². The second-order valence-corrected chi connectivity index (χ2v) is 7.23. The minimum atomic E-state index is -3.81. The van der Waals surface area contributed by atoms with Gasteiger partial charge in [0.25, 0.3) is 10.0 Å². The van der Waals surface area contributed by atoms with Crippen molar-refractivity contribution < 1.29 is 27.4 Å². The number of benzene rings is 2. The zero-order valence-electron chi connectivity index (χ0n) is 15.1. The van der Waals surface area contributed by atoms with Gasteiger partial charge < -0.3 is 14.2 Å². The second-order valence-electron chi connectivity index (χ2n) is 5.26. The van der Waals surface area contributed by atoms with Crippen molar-refractivity contribution in [1.29, 1.82) is 0 Å². The molecule has 2 rings (SSSR count). The Labute approximate surface area is 153 Å². The van der Waals surface area contributed by atoms with Crippen LogP contribution in [0.15, 0.2) is 47.4 Å². The Kier molecular flexibility index (Phi) is 6.10. The number of anilines is 1. The fraction of sp³-hybridized carbons (Fsp3) is 0.278. The number of hydrogen-bond donors (Lipinski definition) is 0. The number of sulfonamides is 1. The van der Waals surface area contributed by atoms with Crippen LogP contribution in [0, 0.1) is 0 Å². The zero-order chi connectivity index (χ0) is 19.3. The van der Waals surface area contributed by atoms with Gasteiger partial charge in [0.1, 0.15) is 0 Å². The third kappa shape index (κ3) is 3.91. The lowest BCUT2D eigenvalue weighted by molar-refractivity contribution is 0.0526. The summed E-state index contributed by atoms with van der Waals surface area (Å²) in [5.41, 5.74) is 0.764. The lowest BCUT2D eigenvalue weighted by atomic mass is 10.2. The maximum Gasteiger partial charge on any atom is 0.338 e. The molecule has 0 aromatic heterocycles.